The largest absolute Gasteiger partial charge is 0.352 e. The van der Waals surface area contributed by atoms with E-state index in [2.05, 4.69) is 50.0 Å². The van der Waals surface area contributed by atoms with E-state index >= 15 is 0 Å². The smallest absolute Gasteiger partial charge is 0.226 e. The number of aryl methyl sites for hydroxylation is 1. The van der Waals surface area contributed by atoms with E-state index in [0.29, 0.717) is 18.1 Å². The maximum absolute atomic E-state index is 13.2. The fourth-order valence-electron chi connectivity index (χ4n) is 5.80. The molecule has 1 amide bonds. The van der Waals surface area contributed by atoms with Crippen LogP contribution in [0.25, 0.3) is 10.8 Å². The normalized spacial score (nSPS) is 16.6. The van der Waals surface area contributed by atoms with Gasteiger partial charge >= 0.3 is 0 Å². The van der Waals surface area contributed by atoms with Crippen molar-refractivity contribution < 1.29 is 4.79 Å². The van der Waals surface area contributed by atoms with Crippen molar-refractivity contribution in [3.05, 3.63) is 126 Å². The number of aromatic nitrogens is 3. The molecule has 0 spiro atoms. The Balaban J connectivity index is 1.28. The van der Waals surface area contributed by atoms with Crippen LogP contribution < -0.4 is 10.6 Å². The zero-order valence-electron chi connectivity index (χ0n) is 23.1. The molecule has 3 aromatic heterocycles. The SMILES string of the molecule is Cc1cc([C@@H]2[C@@H](c3ccccn3)NC(=S)N2CCC(=O)Nc2cccc3ccccc23)c(C)n1Cc1ccncc1. The summed E-state index contributed by atoms with van der Waals surface area (Å²) in [5.41, 5.74) is 6.44. The number of carbonyl (C=O) groups excluding carboxylic acids is 1. The average Bonchev–Trinajstić information content (AvgIpc) is 3.47. The summed E-state index contributed by atoms with van der Waals surface area (Å²) < 4.78 is 2.33. The fraction of sp³-hybridized carbons (Fsp3) is 0.212. The highest BCUT2D eigenvalue weighted by Gasteiger charge is 2.41. The molecule has 1 saturated heterocycles. The molecule has 0 unspecified atom stereocenters. The van der Waals surface area contributed by atoms with E-state index in [-0.39, 0.29) is 18.0 Å². The molecule has 0 aliphatic carbocycles. The minimum atomic E-state index is -0.139. The van der Waals surface area contributed by atoms with Crippen LogP contribution in [0.1, 0.15) is 46.7 Å². The van der Waals surface area contributed by atoms with E-state index in [1.54, 1.807) is 0 Å². The zero-order valence-corrected chi connectivity index (χ0v) is 23.9. The Hall–Kier alpha value is -4.56. The predicted octanol–water partition coefficient (Wildman–Crippen LogP) is 6.10. The van der Waals surface area contributed by atoms with Gasteiger partial charge in [-0.15, -0.1) is 0 Å². The number of fused-ring (bicyclic) bond motifs is 1. The number of carbonyl (C=O) groups is 1. The number of nitrogens with one attached hydrogen (secondary N) is 2. The number of anilines is 1. The molecule has 8 heteroatoms. The van der Waals surface area contributed by atoms with Crippen molar-refractivity contribution >= 4 is 39.7 Å². The van der Waals surface area contributed by atoms with Gasteiger partial charge in [0.05, 0.1) is 17.8 Å². The number of hydrogen-bond acceptors (Lipinski definition) is 4. The van der Waals surface area contributed by atoms with Gasteiger partial charge in [0.15, 0.2) is 5.11 Å². The lowest BCUT2D eigenvalue weighted by atomic mass is 9.96. The van der Waals surface area contributed by atoms with Gasteiger partial charge in [0.2, 0.25) is 5.91 Å². The first-order chi connectivity index (χ1) is 20.0. The Morgan fingerprint density at radius 2 is 1.76 bits per heavy atom. The molecule has 1 aliphatic rings. The first kappa shape index (κ1) is 26.7. The average molecular weight is 561 g/mol. The number of pyridine rings is 2. The van der Waals surface area contributed by atoms with E-state index in [9.17, 15) is 4.79 Å². The molecular formula is C33H32N6OS. The first-order valence-electron chi connectivity index (χ1n) is 13.8. The lowest BCUT2D eigenvalue weighted by molar-refractivity contribution is -0.116. The van der Waals surface area contributed by atoms with Crippen molar-refractivity contribution in [1.82, 2.24) is 24.8 Å². The Labute approximate surface area is 245 Å². The molecular weight excluding hydrogens is 528 g/mol. The van der Waals surface area contributed by atoms with Crippen LogP contribution in [0.4, 0.5) is 5.69 Å². The van der Waals surface area contributed by atoms with Crippen molar-refractivity contribution in [3.63, 3.8) is 0 Å². The zero-order chi connectivity index (χ0) is 28.3. The number of amides is 1. The highest BCUT2D eigenvalue weighted by Crippen LogP contribution is 2.41. The van der Waals surface area contributed by atoms with Crippen molar-refractivity contribution in [2.75, 3.05) is 11.9 Å². The van der Waals surface area contributed by atoms with Crippen molar-refractivity contribution in [2.24, 2.45) is 0 Å². The fourth-order valence-corrected chi connectivity index (χ4v) is 6.13. The molecule has 1 aliphatic heterocycles. The molecule has 7 nitrogen and oxygen atoms in total. The summed E-state index contributed by atoms with van der Waals surface area (Å²) in [6.45, 7) is 5.53. The number of hydrogen-bond donors (Lipinski definition) is 2. The monoisotopic (exact) mass is 560 g/mol. The van der Waals surface area contributed by atoms with E-state index in [4.69, 9.17) is 12.2 Å². The molecule has 2 aromatic carbocycles. The van der Waals surface area contributed by atoms with Crippen molar-refractivity contribution in [2.45, 2.75) is 38.9 Å². The molecule has 4 heterocycles. The third-order valence-corrected chi connectivity index (χ3v) is 8.22. The van der Waals surface area contributed by atoms with E-state index in [1.807, 2.05) is 91.4 Å². The summed E-state index contributed by atoms with van der Waals surface area (Å²) in [7, 11) is 0. The number of thiocarbonyl (C=S) groups is 1. The lowest BCUT2D eigenvalue weighted by Gasteiger charge is -2.28. The third-order valence-electron chi connectivity index (χ3n) is 7.86. The summed E-state index contributed by atoms with van der Waals surface area (Å²) in [4.78, 5) is 24.2. The Morgan fingerprint density at radius 1 is 0.976 bits per heavy atom. The second-order valence-corrected chi connectivity index (χ2v) is 10.8. The van der Waals surface area contributed by atoms with Gasteiger partial charge in [-0.05, 0) is 79.0 Å². The Morgan fingerprint density at radius 3 is 2.56 bits per heavy atom. The van der Waals surface area contributed by atoms with Gasteiger partial charge in [-0.2, -0.15) is 0 Å². The molecule has 2 N–H and O–H groups in total. The van der Waals surface area contributed by atoms with Crippen LogP contribution in [0.2, 0.25) is 0 Å². The van der Waals surface area contributed by atoms with Gasteiger partial charge < -0.3 is 20.1 Å². The van der Waals surface area contributed by atoms with E-state index < -0.39 is 0 Å². The van der Waals surface area contributed by atoms with Gasteiger partial charge in [-0.1, -0.05) is 42.5 Å². The van der Waals surface area contributed by atoms with Crippen LogP contribution in [0.15, 0.2) is 97.5 Å². The minimum Gasteiger partial charge on any atom is -0.352 e. The van der Waals surface area contributed by atoms with Crippen LogP contribution >= 0.6 is 12.2 Å². The second kappa shape index (κ2) is 11.5. The highest BCUT2D eigenvalue weighted by molar-refractivity contribution is 7.80. The summed E-state index contributed by atoms with van der Waals surface area (Å²) in [6, 6.07) is 26.0. The maximum atomic E-state index is 13.2. The first-order valence-corrected chi connectivity index (χ1v) is 14.2. The van der Waals surface area contributed by atoms with Crippen LogP contribution in [0, 0.1) is 13.8 Å². The molecule has 6 rings (SSSR count). The topological polar surface area (TPSA) is 75.1 Å². The van der Waals surface area contributed by atoms with Gasteiger partial charge in [0.25, 0.3) is 0 Å². The number of benzene rings is 2. The van der Waals surface area contributed by atoms with Gasteiger partial charge in [-0.3, -0.25) is 14.8 Å². The van der Waals surface area contributed by atoms with Crippen LogP contribution in [0.3, 0.4) is 0 Å². The van der Waals surface area contributed by atoms with Crippen LogP contribution in [-0.4, -0.2) is 37.0 Å². The van der Waals surface area contributed by atoms with Crippen LogP contribution in [0.5, 0.6) is 0 Å². The Kier molecular flexibility index (Phi) is 7.48. The standard InChI is InChI=1S/C33H32N6OS/c1-22-20-27(23(2)39(22)21-24-13-17-34-18-14-24)32-31(29-11-5-6-16-35-29)37-33(41)38(32)19-15-30(40)36-28-12-7-9-25-8-3-4-10-26(25)28/h3-14,16-18,20,31-32H,15,19,21H2,1-2H3,(H,36,40)(H,37,41)/t31-,32-/m1/s1. The lowest BCUT2D eigenvalue weighted by Crippen LogP contribution is -2.33. The van der Waals surface area contributed by atoms with Crippen LogP contribution in [-0.2, 0) is 11.3 Å². The van der Waals surface area contributed by atoms with Crippen molar-refractivity contribution in [1.29, 1.82) is 0 Å². The van der Waals surface area contributed by atoms with Gasteiger partial charge in [0, 0.05) is 60.6 Å². The van der Waals surface area contributed by atoms with Crippen molar-refractivity contribution in [3.8, 4) is 0 Å². The molecule has 2 atom stereocenters. The minimum absolute atomic E-state index is 0.0488. The summed E-state index contributed by atoms with van der Waals surface area (Å²) in [5, 5.41) is 9.39. The molecule has 0 bridgehead atoms. The van der Waals surface area contributed by atoms with Gasteiger partial charge in [-0.25, -0.2) is 0 Å². The highest BCUT2D eigenvalue weighted by atomic mass is 32.1. The summed E-state index contributed by atoms with van der Waals surface area (Å²) in [6.07, 6.45) is 5.76. The predicted molar refractivity (Wildman–Crippen MR) is 167 cm³/mol. The third kappa shape index (κ3) is 5.43. The Bertz CT molecular complexity index is 1700. The maximum Gasteiger partial charge on any atom is 0.226 e. The molecule has 5 aromatic rings. The molecule has 41 heavy (non-hydrogen) atoms. The number of rotatable bonds is 8. The van der Waals surface area contributed by atoms with E-state index in [0.717, 1.165) is 28.7 Å². The summed E-state index contributed by atoms with van der Waals surface area (Å²) >= 11 is 5.87. The number of nitrogens with zero attached hydrogens (tertiary/aromatic N) is 4. The molecule has 0 radical (unpaired) electrons. The second-order valence-electron chi connectivity index (χ2n) is 10.4. The molecule has 0 saturated carbocycles. The van der Waals surface area contributed by atoms with Gasteiger partial charge in [0.1, 0.15) is 0 Å². The quantitative estimate of drug-likeness (QED) is 0.224. The van der Waals surface area contributed by atoms with E-state index in [1.165, 1.54) is 22.5 Å². The molecule has 1 fully saturated rings. The molecule has 206 valence electrons. The summed E-state index contributed by atoms with van der Waals surface area (Å²) in [5.74, 6) is -0.0488.